The summed E-state index contributed by atoms with van der Waals surface area (Å²) in [7, 11) is 0. The molecule has 0 unspecified atom stereocenters. The molecule has 4 nitrogen and oxygen atoms in total. The number of aromatic nitrogens is 2. The minimum Gasteiger partial charge on any atom is -0.346 e. The third-order valence-corrected chi connectivity index (χ3v) is 1.58. The van der Waals surface area contributed by atoms with Gasteiger partial charge in [-0.15, -0.1) is 0 Å². The highest BCUT2D eigenvalue weighted by Gasteiger charge is 2.21. The van der Waals surface area contributed by atoms with Crippen molar-refractivity contribution >= 4 is 5.91 Å². The topological polar surface area (TPSA) is 46.9 Å². The first kappa shape index (κ1) is 11.6. The predicted molar refractivity (Wildman–Crippen MR) is 50.7 cm³/mol. The van der Waals surface area contributed by atoms with E-state index >= 15 is 0 Å². The van der Waals surface area contributed by atoms with Crippen LogP contribution in [0.5, 0.6) is 0 Å². The second-order valence-electron chi connectivity index (χ2n) is 4.14. The van der Waals surface area contributed by atoms with Gasteiger partial charge in [-0.3, -0.25) is 4.79 Å². The zero-order chi connectivity index (χ0) is 11.6. The summed E-state index contributed by atoms with van der Waals surface area (Å²) in [6.07, 6.45) is 1.17. The molecule has 1 aromatic heterocycles. The zero-order valence-electron chi connectivity index (χ0n) is 8.79. The van der Waals surface area contributed by atoms with Crippen molar-refractivity contribution in [3.8, 4) is 0 Å². The third-order valence-electron chi connectivity index (χ3n) is 1.58. The van der Waals surface area contributed by atoms with E-state index in [-0.39, 0.29) is 5.69 Å². The van der Waals surface area contributed by atoms with Gasteiger partial charge in [-0.2, -0.15) is 18.6 Å². The minimum absolute atomic E-state index is 0.139. The molecule has 1 aromatic rings. The van der Waals surface area contributed by atoms with Crippen molar-refractivity contribution in [1.82, 2.24) is 15.1 Å². The average Bonchev–Trinajstić information content (AvgIpc) is 2.47. The lowest BCUT2D eigenvalue weighted by atomic mass is 10.1. The highest BCUT2D eigenvalue weighted by Crippen LogP contribution is 2.12. The Hall–Kier alpha value is -1.46. The standard InChI is InChI=1S/C9H13F2N3O/c1-9(2,3)13-7(15)6-4-5-12-14(6)8(10)11/h4-5,8H,1-3H3,(H,13,15). The van der Waals surface area contributed by atoms with E-state index in [4.69, 9.17) is 0 Å². The van der Waals surface area contributed by atoms with Gasteiger partial charge in [0.15, 0.2) is 0 Å². The number of rotatable bonds is 2. The Kier molecular flexibility index (Phi) is 3.06. The van der Waals surface area contributed by atoms with E-state index in [2.05, 4.69) is 10.4 Å². The molecule has 15 heavy (non-hydrogen) atoms. The summed E-state index contributed by atoms with van der Waals surface area (Å²) < 4.78 is 25.1. The molecule has 0 atom stereocenters. The van der Waals surface area contributed by atoms with Gasteiger partial charge in [-0.25, -0.2) is 0 Å². The number of hydrogen-bond acceptors (Lipinski definition) is 2. The van der Waals surface area contributed by atoms with Crippen molar-refractivity contribution in [1.29, 1.82) is 0 Å². The van der Waals surface area contributed by atoms with E-state index in [1.165, 1.54) is 12.3 Å². The van der Waals surface area contributed by atoms with Gasteiger partial charge in [0.2, 0.25) is 0 Å². The van der Waals surface area contributed by atoms with Crippen LogP contribution in [-0.4, -0.2) is 21.2 Å². The van der Waals surface area contributed by atoms with Crippen LogP contribution in [-0.2, 0) is 0 Å². The average molecular weight is 217 g/mol. The van der Waals surface area contributed by atoms with Gasteiger partial charge in [-0.05, 0) is 26.8 Å². The van der Waals surface area contributed by atoms with Crippen LogP contribution in [0.3, 0.4) is 0 Å². The largest absolute Gasteiger partial charge is 0.346 e. The van der Waals surface area contributed by atoms with E-state index < -0.39 is 18.0 Å². The molecule has 0 aliphatic heterocycles. The lowest BCUT2D eigenvalue weighted by Gasteiger charge is -2.20. The number of halogens is 2. The van der Waals surface area contributed by atoms with Crippen LogP contribution >= 0.6 is 0 Å². The van der Waals surface area contributed by atoms with Crippen LogP contribution in [0.15, 0.2) is 12.3 Å². The Labute approximate surface area is 86.3 Å². The van der Waals surface area contributed by atoms with E-state index in [9.17, 15) is 13.6 Å². The number of nitrogens with one attached hydrogen (secondary N) is 1. The number of amides is 1. The number of alkyl halides is 2. The van der Waals surface area contributed by atoms with Crippen LogP contribution < -0.4 is 5.32 Å². The van der Waals surface area contributed by atoms with Gasteiger partial charge in [0, 0.05) is 11.7 Å². The second-order valence-corrected chi connectivity index (χ2v) is 4.14. The summed E-state index contributed by atoms with van der Waals surface area (Å²) >= 11 is 0. The molecule has 84 valence electrons. The molecule has 0 aliphatic rings. The van der Waals surface area contributed by atoms with Crippen molar-refractivity contribution < 1.29 is 13.6 Å². The number of nitrogens with zero attached hydrogens (tertiary/aromatic N) is 2. The Bertz CT molecular complexity index is 354. The highest BCUT2D eigenvalue weighted by molar-refractivity contribution is 5.92. The molecule has 0 radical (unpaired) electrons. The molecule has 1 heterocycles. The fourth-order valence-corrected chi connectivity index (χ4v) is 1.05. The SMILES string of the molecule is CC(C)(C)NC(=O)c1ccnn1C(F)F. The molecule has 0 bridgehead atoms. The van der Waals surface area contributed by atoms with E-state index in [1.54, 1.807) is 20.8 Å². The zero-order valence-corrected chi connectivity index (χ0v) is 8.79. The van der Waals surface area contributed by atoms with Crippen LogP contribution in [0.4, 0.5) is 8.78 Å². The summed E-state index contributed by atoms with van der Waals surface area (Å²) in [5.74, 6) is -0.555. The van der Waals surface area contributed by atoms with E-state index in [1.807, 2.05) is 0 Å². The van der Waals surface area contributed by atoms with Crippen LogP contribution in [0.25, 0.3) is 0 Å². The monoisotopic (exact) mass is 217 g/mol. The Morgan fingerprint density at radius 3 is 2.60 bits per heavy atom. The van der Waals surface area contributed by atoms with Gasteiger partial charge in [0.05, 0.1) is 0 Å². The molecule has 0 aliphatic carbocycles. The smallest absolute Gasteiger partial charge is 0.333 e. The van der Waals surface area contributed by atoms with Crippen LogP contribution in [0.2, 0.25) is 0 Å². The summed E-state index contributed by atoms with van der Waals surface area (Å²) in [6, 6.07) is 1.26. The first-order valence-corrected chi connectivity index (χ1v) is 4.45. The Balaban J connectivity index is 2.87. The van der Waals surface area contributed by atoms with Gasteiger partial charge in [-0.1, -0.05) is 0 Å². The molecule has 0 fully saturated rings. The predicted octanol–water partition coefficient (Wildman–Crippen LogP) is 1.81. The minimum atomic E-state index is -2.80. The van der Waals surface area contributed by atoms with Crippen molar-refractivity contribution in [2.75, 3.05) is 0 Å². The molecule has 0 aromatic carbocycles. The lowest BCUT2D eigenvalue weighted by Crippen LogP contribution is -2.41. The second kappa shape index (κ2) is 3.96. The summed E-state index contributed by atoms with van der Waals surface area (Å²) in [4.78, 5) is 11.5. The maximum absolute atomic E-state index is 12.4. The maximum atomic E-state index is 12.4. The number of carbonyl (C=O) groups excluding carboxylic acids is 1. The first-order valence-electron chi connectivity index (χ1n) is 4.45. The van der Waals surface area contributed by atoms with Gasteiger partial charge in [0.25, 0.3) is 5.91 Å². The van der Waals surface area contributed by atoms with E-state index in [0.29, 0.717) is 4.68 Å². The van der Waals surface area contributed by atoms with Gasteiger partial charge < -0.3 is 5.32 Å². The third kappa shape index (κ3) is 3.00. The normalized spacial score (nSPS) is 11.9. The highest BCUT2D eigenvalue weighted by atomic mass is 19.3. The summed E-state index contributed by atoms with van der Waals surface area (Å²) in [5.41, 5.74) is -0.603. The Morgan fingerprint density at radius 1 is 1.53 bits per heavy atom. The van der Waals surface area contributed by atoms with E-state index in [0.717, 1.165) is 0 Å². The lowest BCUT2D eigenvalue weighted by molar-refractivity contribution is 0.0504. The maximum Gasteiger partial charge on any atom is 0.333 e. The molecule has 1 N–H and O–H groups in total. The van der Waals surface area contributed by atoms with Crippen molar-refractivity contribution in [3.05, 3.63) is 18.0 Å². The molecule has 1 rings (SSSR count). The fraction of sp³-hybridized carbons (Fsp3) is 0.556. The molecule has 1 amide bonds. The summed E-state index contributed by atoms with van der Waals surface area (Å²) in [5, 5.41) is 5.96. The molecule has 0 spiro atoms. The van der Waals surface area contributed by atoms with Crippen molar-refractivity contribution in [3.63, 3.8) is 0 Å². The fourth-order valence-electron chi connectivity index (χ4n) is 1.05. The quantitative estimate of drug-likeness (QED) is 0.821. The van der Waals surface area contributed by atoms with Crippen molar-refractivity contribution in [2.24, 2.45) is 0 Å². The molecule has 0 saturated heterocycles. The van der Waals surface area contributed by atoms with Gasteiger partial charge in [0.1, 0.15) is 5.69 Å². The Morgan fingerprint density at radius 2 is 2.13 bits per heavy atom. The molecular formula is C9H13F2N3O. The molecule has 0 saturated carbocycles. The van der Waals surface area contributed by atoms with Crippen LogP contribution in [0.1, 0.15) is 37.8 Å². The number of carbonyl (C=O) groups is 1. The first-order chi connectivity index (χ1) is 6.81. The van der Waals surface area contributed by atoms with Crippen LogP contribution in [0, 0.1) is 0 Å². The molecular weight excluding hydrogens is 204 g/mol. The summed E-state index contributed by atoms with van der Waals surface area (Å²) in [6.45, 7) is 2.51. The number of hydrogen-bond donors (Lipinski definition) is 1. The van der Waals surface area contributed by atoms with Crippen molar-refractivity contribution in [2.45, 2.75) is 32.9 Å². The van der Waals surface area contributed by atoms with Gasteiger partial charge >= 0.3 is 6.55 Å². The molecule has 6 heteroatoms.